The minimum atomic E-state index is -0.217. The van der Waals surface area contributed by atoms with Gasteiger partial charge >= 0.3 is 0 Å². The normalized spacial score (nSPS) is 20.7. The second-order valence-corrected chi connectivity index (χ2v) is 4.85. The molecule has 0 aliphatic carbocycles. The molecule has 1 saturated heterocycles. The van der Waals surface area contributed by atoms with Gasteiger partial charge in [-0.1, -0.05) is 0 Å². The van der Waals surface area contributed by atoms with E-state index in [-0.39, 0.29) is 5.82 Å². The molecule has 0 bridgehead atoms. The van der Waals surface area contributed by atoms with Gasteiger partial charge in [0.1, 0.15) is 5.82 Å². The fourth-order valence-corrected chi connectivity index (χ4v) is 2.82. The highest BCUT2D eigenvalue weighted by Crippen LogP contribution is 2.27. The zero-order valence-electron chi connectivity index (χ0n) is 8.50. The van der Waals surface area contributed by atoms with E-state index in [2.05, 4.69) is 5.32 Å². The first-order valence-electron chi connectivity index (χ1n) is 5.17. The van der Waals surface area contributed by atoms with E-state index in [1.54, 1.807) is 17.8 Å². The summed E-state index contributed by atoms with van der Waals surface area (Å²) in [5.74, 6) is 0.749. The van der Waals surface area contributed by atoms with Crippen LogP contribution in [0.25, 0.3) is 0 Å². The van der Waals surface area contributed by atoms with E-state index in [0.717, 1.165) is 17.2 Å². The van der Waals surface area contributed by atoms with E-state index in [9.17, 15) is 4.39 Å². The summed E-state index contributed by atoms with van der Waals surface area (Å²) in [5, 5.41) is 3.41. The summed E-state index contributed by atoms with van der Waals surface area (Å²) >= 11 is 1.63. The number of rotatable bonds is 3. The highest BCUT2D eigenvalue weighted by Gasteiger charge is 2.14. The van der Waals surface area contributed by atoms with Crippen LogP contribution in [0.3, 0.4) is 0 Å². The molecule has 0 saturated carbocycles. The van der Waals surface area contributed by atoms with Crippen LogP contribution in [0.15, 0.2) is 23.1 Å². The summed E-state index contributed by atoms with van der Waals surface area (Å²) in [4.78, 5) is 0.851. The first kappa shape index (κ1) is 10.8. The first-order valence-corrected chi connectivity index (χ1v) is 6.15. The molecular weight excluding hydrogens is 211 g/mol. The lowest BCUT2D eigenvalue weighted by Gasteiger charge is -2.10. The Hall–Kier alpha value is -0.740. The van der Waals surface area contributed by atoms with Crippen molar-refractivity contribution >= 4 is 17.4 Å². The second kappa shape index (κ2) is 4.86. The molecule has 3 N–H and O–H groups in total. The van der Waals surface area contributed by atoms with E-state index < -0.39 is 0 Å². The van der Waals surface area contributed by atoms with Gasteiger partial charge in [0.2, 0.25) is 0 Å². The monoisotopic (exact) mass is 226 g/mol. The van der Waals surface area contributed by atoms with Crippen LogP contribution in [0, 0.1) is 5.82 Å². The van der Waals surface area contributed by atoms with Crippen LogP contribution in [0.2, 0.25) is 0 Å². The standard InChI is InChI=1S/C11H15FN2S/c12-8-3-4-10(13)11(6-8)15-7-9-2-1-5-14-9/h3-4,6,9,14H,1-2,5,7,13H2. The van der Waals surface area contributed by atoms with Gasteiger partial charge < -0.3 is 11.1 Å². The molecule has 1 aromatic rings. The average molecular weight is 226 g/mol. The molecular formula is C11H15FN2S. The average Bonchev–Trinajstić information content (AvgIpc) is 2.72. The number of anilines is 1. The van der Waals surface area contributed by atoms with Crippen LogP contribution in [-0.4, -0.2) is 18.3 Å². The van der Waals surface area contributed by atoms with E-state index in [0.29, 0.717) is 11.7 Å². The van der Waals surface area contributed by atoms with Crippen LogP contribution < -0.4 is 11.1 Å². The highest BCUT2D eigenvalue weighted by atomic mass is 32.2. The summed E-state index contributed by atoms with van der Waals surface area (Å²) in [6.07, 6.45) is 2.45. The molecule has 4 heteroatoms. The molecule has 1 aliphatic rings. The molecule has 1 atom stereocenters. The molecule has 0 radical (unpaired) electrons. The molecule has 1 aliphatic heterocycles. The Morgan fingerprint density at radius 1 is 1.53 bits per heavy atom. The first-order chi connectivity index (χ1) is 7.25. The number of nitrogens with two attached hydrogens (primary N) is 1. The maximum absolute atomic E-state index is 13.0. The summed E-state index contributed by atoms with van der Waals surface area (Å²) in [6.45, 7) is 1.10. The SMILES string of the molecule is Nc1ccc(F)cc1SCC1CCCN1. The molecule has 0 aromatic heterocycles. The molecule has 1 aromatic carbocycles. The predicted octanol–water partition coefficient (Wildman–Crippen LogP) is 2.25. The van der Waals surface area contributed by atoms with Crippen molar-refractivity contribution < 1.29 is 4.39 Å². The van der Waals surface area contributed by atoms with Crippen molar-refractivity contribution in [1.82, 2.24) is 5.32 Å². The number of hydrogen-bond acceptors (Lipinski definition) is 3. The molecule has 2 rings (SSSR count). The smallest absolute Gasteiger partial charge is 0.124 e. The quantitative estimate of drug-likeness (QED) is 0.613. The fourth-order valence-electron chi connectivity index (χ4n) is 1.72. The van der Waals surface area contributed by atoms with Crippen molar-refractivity contribution in [1.29, 1.82) is 0 Å². The molecule has 1 unspecified atom stereocenters. The molecule has 0 spiro atoms. The molecule has 1 fully saturated rings. The highest BCUT2D eigenvalue weighted by molar-refractivity contribution is 7.99. The van der Waals surface area contributed by atoms with Crippen molar-refractivity contribution in [2.24, 2.45) is 0 Å². The third-order valence-corrected chi connectivity index (χ3v) is 3.81. The van der Waals surface area contributed by atoms with Gasteiger partial charge in [0.25, 0.3) is 0 Å². The summed E-state index contributed by atoms with van der Waals surface area (Å²) < 4.78 is 13.0. The Morgan fingerprint density at radius 3 is 3.13 bits per heavy atom. The number of halogens is 1. The van der Waals surface area contributed by atoms with Gasteiger partial charge in [-0.25, -0.2) is 4.39 Å². The van der Waals surface area contributed by atoms with Crippen LogP contribution in [-0.2, 0) is 0 Å². The van der Waals surface area contributed by atoms with Crippen LogP contribution in [0.4, 0.5) is 10.1 Å². The van der Waals surface area contributed by atoms with E-state index in [1.807, 2.05) is 0 Å². The topological polar surface area (TPSA) is 38.0 Å². The van der Waals surface area contributed by atoms with E-state index in [1.165, 1.54) is 25.0 Å². The molecule has 82 valence electrons. The fraction of sp³-hybridized carbons (Fsp3) is 0.455. The lowest BCUT2D eigenvalue weighted by Crippen LogP contribution is -2.23. The van der Waals surface area contributed by atoms with Gasteiger partial charge in [-0.05, 0) is 37.6 Å². The molecule has 1 heterocycles. The zero-order valence-corrected chi connectivity index (χ0v) is 9.32. The van der Waals surface area contributed by atoms with Gasteiger partial charge in [-0.2, -0.15) is 0 Å². The Bertz CT molecular complexity index is 337. The van der Waals surface area contributed by atoms with E-state index in [4.69, 9.17) is 5.73 Å². The van der Waals surface area contributed by atoms with Gasteiger partial charge in [0.15, 0.2) is 0 Å². The van der Waals surface area contributed by atoms with Crippen LogP contribution in [0.1, 0.15) is 12.8 Å². The van der Waals surface area contributed by atoms with Crippen LogP contribution in [0.5, 0.6) is 0 Å². The van der Waals surface area contributed by atoms with Gasteiger partial charge in [0.05, 0.1) is 0 Å². The van der Waals surface area contributed by atoms with Crippen LogP contribution >= 0.6 is 11.8 Å². The molecule has 15 heavy (non-hydrogen) atoms. The maximum Gasteiger partial charge on any atom is 0.124 e. The lowest BCUT2D eigenvalue weighted by atomic mass is 10.3. The zero-order chi connectivity index (χ0) is 10.7. The summed E-state index contributed by atoms with van der Waals surface area (Å²) in [5.41, 5.74) is 6.43. The van der Waals surface area contributed by atoms with Crippen molar-refractivity contribution in [3.8, 4) is 0 Å². The third-order valence-electron chi connectivity index (χ3n) is 2.58. The second-order valence-electron chi connectivity index (χ2n) is 3.79. The maximum atomic E-state index is 13.0. The number of hydrogen-bond donors (Lipinski definition) is 2. The van der Waals surface area contributed by atoms with Gasteiger partial charge in [-0.3, -0.25) is 0 Å². The Kier molecular flexibility index (Phi) is 3.49. The van der Waals surface area contributed by atoms with Crippen molar-refractivity contribution in [3.63, 3.8) is 0 Å². The minimum Gasteiger partial charge on any atom is -0.398 e. The summed E-state index contributed by atoms with van der Waals surface area (Å²) in [6, 6.07) is 5.08. The minimum absolute atomic E-state index is 0.217. The predicted molar refractivity (Wildman–Crippen MR) is 62.6 cm³/mol. The van der Waals surface area contributed by atoms with Crippen molar-refractivity contribution in [3.05, 3.63) is 24.0 Å². The third kappa shape index (κ3) is 2.86. The Balaban J connectivity index is 1.94. The Morgan fingerprint density at radius 2 is 2.40 bits per heavy atom. The lowest BCUT2D eigenvalue weighted by molar-refractivity contribution is 0.624. The number of benzene rings is 1. The Labute approximate surface area is 93.4 Å². The largest absolute Gasteiger partial charge is 0.398 e. The molecule has 2 nitrogen and oxygen atoms in total. The van der Waals surface area contributed by atoms with Crippen molar-refractivity contribution in [2.45, 2.75) is 23.8 Å². The number of nitrogen functional groups attached to an aromatic ring is 1. The molecule has 0 amide bonds. The van der Waals surface area contributed by atoms with Crippen molar-refractivity contribution in [2.75, 3.05) is 18.0 Å². The van der Waals surface area contributed by atoms with Gasteiger partial charge in [-0.15, -0.1) is 11.8 Å². The summed E-state index contributed by atoms with van der Waals surface area (Å²) in [7, 11) is 0. The van der Waals surface area contributed by atoms with Gasteiger partial charge in [0, 0.05) is 22.4 Å². The van der Waals surface area contributed by atoms with E-state index >= 15 is 0 Å². The number of nitrogens with one attached hydrogen (secondary N) is 1. The number of thioether (sulfide) groups is 1.